The first-order valence-corrected chi connectivity index (χ1v) is 6.32. The van der Waals surface area contributed by atoms with Crippen LogP contribution in [0.1, 0.15) is 23.4 Å². The van der Waals surface area contributed by atoms with Gasteiger partial charge >= 0.3 is 0 Å². The highest BCUT2D eigenvalue weighted by Crippen LogP contribution is 2.37. The number of halogens is 2. The van der Waals surface area contributed by atoms with Crippen molar-refractivity contribution in [2.24, 2.45) is 0 Å². The van der Waals surface area contributed by atoms with Gasteiger partial charge in [0.05, 0.1) is 11.4 Å². The Morgan fingerprint density at radius 1 is 1.36 bits per heavy atom. The first-order valence-electron chi connectivity index (χ1n) is 3.85. The number of fused-ring (bicyclic) bond motifs is 1. The maximum absolute atomic E-state index is 11.5. The Morgan fingerprint density at radius 3 is 2.64 bits per heavy atom. The van der Waals surface area contributed by atoms with Gasteiger partial charge < -0.3 is 0 Å². The second kappa shape index (κ2) is 3.05. The van der Waals surface area contributed by atoms with Crippen molar-refractivity contribution in [1.82, 2.24) is 9.97 Å². The number of sulfone groups is 1. The summed E-state index contributed by atoms with van der Waals surface area (Å²) in [7, 11) is -3.17. The third-order valence-corrected chi connectivity index (χ3v) is 4.70. The molecule has 1 atom stereocenters. The number of nitrogens with zero attached hydrogens (tertiary/aromatic N) is 2. The summed E-state index contributed by atoms with van der Waals surface area (Å²) in [6.45, 7) is 1.57. The van der Waals surface area contributed by atoms with Crippen LogP contribution >= 0.6 is 23.2 Å². The van der Waals surface area contributed by atoms with Crippen LogP contribution < -0.4 is 0 Å². The second-order valence-corrected chi connectivity index (χ2v) is 6.11. The molecule has 1 aromatic rings. The smallest absolute Gasteiger partial charge is 0.224 e. The molecule has 0 aliphatic carbocycles. The highest BCUT2D eigenvalue weighted by molar-refractivity contribution is 7.91. The quantitative estimate of drug-likeness (QED) is 0.522. The molecule has 0 aromatic carbocycles. The third kappa shape index (κ3) is 1.39. The summed E-state index contributed by atoms with van der Waals surface area (Å²) >= 11 is 11.4. The zero-order valence-electron chi connectivity index (χ0n) is 7.16. The predicted molar refractivity (Wildman–Crippen MR) is 53.1 cm³/mol. The van der Waals surface area contributed by atoms with E-state index in [2.05, 4.69) is 9.97 Å². The minimum atomic E-state index is -3.17. The Kier molecular flexibility index (Phi) is 2.21. The SMILES string of the molecule is CC1c2nc(Cl)nc(Cl)c2CS1(=O)=O. The fourth-order valence-corrected chi connectivity index (χ4v) is 3.43. The molecule has 1 aliphatic rings. The van der Waals surface area contributed by atoms with Gasteiger partial charge in [-0.25, -0.2) is 18.4 Å². The molecule has 0 N–H and O–H groups in total. The summed E-state index contributed by atoms with van der Waals surface area (Å²) in [5.74, 6) is -0.0977. The molecule has 4 nitrogen and oxygen atoms in total. The van der Waals surface area contributed by atoms with Crippen molar-refractivity contribution < 1.29 is 8.42 Å². The third-order valence-electron chi connectivity index (χ3n) is 2.23. The van der Waals surface area contributed by atoms with Crippen molar-refractivity contribution in [3.05, 3.63) is 21.7 Å². The molecule has 0 saturated carbocycles. The normalized spacial score (nSPS) is 23.5. The molecule has 0 fully saturated rings. The summed E-state index contributed by atoms with van der Waals surface area (Å²) in [5, 5.41) is -0.527. The van der Waals surface area contributed by atoms with E-state index in [-0.39, 0.29) is 16.2 Å². The zero-order valence-corrected chi connectivity index (χ0v) is 9.49. The fraction of sp³-hybridized carbons (Fsp3) is 0.429. The van der Waals surface area contributed by atoms with Crippen LogP contribution in [-0.4, -0.2) is 18.4 Å². The number of aromatic nitrogens is 2. The van der Waals surface area contributed by atoms with Crippen LogP contribution in [-0.2, 0) is 15.6 Å². The predicted octanol–water partition coefficient (Wildman–Crippen LogP) is 1.77. The lowest BCUT2D eigenvalue weighted by Gasteiger charge is -2.02. The minimum Gasteiger partial charge on any atom is -0.228 e. The van der Waals surface area contributed by atoms with E-state index < -0.39 is 15.1 Å². The van der Waals surface area contributed by atoms with E-state index in [1.165, 1.54) is 0 Å². The van der Waals surface area contributed by atoms with Crippen molar-refractivity contribution >= 4 is 33.0 Å². The topological polar surface area (TPSA) is 59.9 Å². The molecule has 0 bridgehead atoms. The van der Waals surface area contributed by atoms with Crippen LogP contribution in [0, 0.1) is 0 Å². The number of hydrogen-bond acceptors (Lipinski definition) is 4. The molecule has 0 amide bonds. The van der Waals surface area contributed by atoms with Gasteiger partial charge in [0.2, 0.25) is 5.28 Å². The van der Waals surface area contributed by atoms with E-state index in [1.807, 2.05) is 0 Å². The Hall–Kier alpha value is -0.390. The van der Waals surface area contributed by atoms with Crippen LogP contribution in [0.2, 0.25) is 10.4 Å². The molecule has 0 saturated heterocycles. The van der Waals surface area contributed by atoms with Crippen LogP contribution in [0.5, 0.6) is 0 Å². The molecule has 14 heavy (non-hydrogen) atoms. The Bertz CT molecular complexity index is 501. The lowest BCUT2D eigenvalue weighted by molar-refractivity contribution is 0.589. The van der Waals surface area contributed by atoms with Gasteiger partial charge in [-0.05, 0) is 18.5 Å². The van der Waals surface area contributed by atoms with Crippen molar-refractivity contribution in [2.75, 3.05) is 0 Å². The van der Waals surface area contributed by atoms with Gasteiger partial charge in [0.15, 0.2) is 9.84 Å². The summed E-state index contributed by atoms with van der Waals surface area (Å²) in [6, 6.07) is 0. The molecule has 0 spiro atoms. The molecule has 2 heterocycles. The largest absolute Gasteiger partial charge is 0.228 e. The zero-order chi connectivity index (χ0) is 10.5. The maximum Gasteiger partial charge on any atom is 0.224 e. The van der Waals surface area contributed by atoms with Gasteiger partial charge in [-0.15, -0.1) is 0 Å². The molecule has 1 unspecified atom stereocenters. The molecule has 0 radical (unpaired) electrons. The number of rotatable bonds is 0. The first-order chi connectivity index (χ1) is 6.42. The Morgan fingerprint density at radius 2 is 2.00 bits per heavy atom. The van der Waals surface area contributed by atoms with Crippen molar-refractivity contribution in [3.63, 3.8) is 0 Å². The fourth-order valence-electron chi connectivity index (χ4n) is 1.41. The lowest BCUT2D eigenvalue weighted by Crippen LogP contribution is -2.03. The molecule has 1 aliphatic heterocycles. The van der Waals surface area contributed by atoms with E-state index in [9.17, 15) is 8.42 Å². The number of hydrogen-bond donors (Lipinski definition) is 0. The molecule has 1 aromatic heterocycles. The lowest BCUT2D eigenvalue weighted by atomic mass is 10.2. The molecule has 7 heteroatoms. The van der Waals surface area contributed by atoms with Crippen molar-refractivity contribution in [1.29, 1.82) is 0 Å². The van der Waals surface area contributed by atoms with Gasteiger partial charge in [-0.3, -0.25) is 0 Å². The average Bonchev–Trinajstić information content (AvgIpc) is 2.28. The van der Waals surface area contributed by atoms with Crippen LogP contribution in [0.4, 0.5) is 0 Å². The van der Waals surface area contributed by atoms with Crippen molar-refractivity contribution in [2.45, 2.75) is 17.9 Å². The van der Waals surface area contributed by atoms with Gasteiger partial charge in [0.1, 0.15) is 10.4 Å². The van der Waals surface area contributed by atoms with E-state index in [0.717, 1.165) is 0 Å². The van der Waals surface area contributed by atoms with Gasteiger partial charge in [-0.2, -0.15) is 0 Å². The summed E-state index contributed by atoms with van der Waals surface area (Å²) in [4.78, 5) is 7.58. The van der Waals surface area contributed by atoms with Crippen molar-refractivity contribution in [3.8, 4) is 0 Å². The summed E-state index contributed by atoms with van der Waals surface area (Å²) in [6.07, 6.45) is 0. The molecular weight excluding hydrogens is 247 g/mol. The minimum absolute atomic E-state index is 0.0160. The van der Waals surface area contributed by atoms with Gasteiger partial charge in [0.25, 0.3) is 0 Å². The molecular formula is C7H6Cl2N2O2S. The summed E-state index contributed by atoms with van der Waals surface area (Å²) in [5.41, 5.74) is 0.901. The maximum atomic E-state index is 11.5. The Labute approximate surface area is 91.2 Å². The molecule has 2 rings (SSSR count). The van der Waals surface area contributed by atoms with E-state index >= 15 is 0 Å². The van der Waals surface area contributed by atoms with Crippen LogP contribution in [0.15, 0.2) is 0 Å². The highest BCUT2D eigenvalue weighted by atomic mass is 35.5. The average molecular weight is 253 g/mol. The van der Waals surface area contributed by atoms with Crippen LogP contribution in [0.3, 0.4) is 0 Å². The van der Waals surface area contributed by atoms with E-state index in [0.29, 0.717) is 11.3 Å². The van der Waals surface area contributed by atoms with Gasteiger partial charge in [0, 0.05) is 5.56 Å². The Balaban J connectivity index is 2.71. The second-order valence-electron chi connectivity index (χ2n) is 3.10. The van der Waals surface area contributed by atoms with E-state index in [1.54, 1.807) is 6.92 Å². The van der Waals surface area contributed by atoms with Crippen LogP contribution in [0.25, 0.3) is 0 Å². The van der Waals surface area contributed by atoms with Gasteiger partial charge in [-0.1, -0.05) is 11.6 Å². The first kappa shape index (κ1) is 10.1. The standard InChI is InChI=1S/C7H6Cl2N2O2S/c1-3-5-4(2-14(3,12)13)6(8)11-7(9)10-5/h3H,2H2,1H3. The highest BCUT2D eigenvalue weighted by Gasteiger charge is 2.36. The van der Waals surface area contributed by atoms with E-state index in [4.69, 9.17) is 23.2 Å². The summed E-state index contributed by atoms with van der Waals surface area (Å²) < 4.78 is 23.0. The monoisotopic (exact) mass is 252 g/mol. The molecule has 76 valence electrons.